The number of aromatic nitrogens is 3. The Morgan fingerprint density at radius 3 is 2.83 bits per heavy atom. The number of carbonyl (C=O) groups excluding carboxylic acids is 1. The number of primary amides is 1. The van der Waals surface area contributed by atoms with Crippen molar-refractivity contribution < 1.29 is 9.78 Å². The van der Waals surface area contributed by atoms with Crippen molar-refractivity contribution in [2.75, 3.05) is 30.3 Å². The zero-order valence-corrected chi connectivity index (χ0v) is 20.7. The van der Waals surface area contributed by atoms with Gasteiger partial charge in [0.05, 0.1) is 22.3 Å². The van der Waals surface area contributed by atoms with Crippen LogP contribution in [0.4, 0.5) is 23.1 Å². The largest absolute Gasteiger partial charge is 0.366 e. The molecule has 4 aromatic rings. The maximum Gasteiger partial charge on any atom is 0.351 e. The van der Waals surface area contributed by atoms with E-state index in [0.29, 0.717) is 23.0 Å². The van der Waals surface area contributed by atoms with Crippen molar-refractivity contribution >= 4 is 45.7 Å². The summed E-state index contributed by atoms with van der Waals surface area (Å²) in [7, 11) is 0. The predicted octanol–water partition coefficient (Wildman–Crippen LogP) is 4.77. The first-order chi connectivity index (χ1) is 17.5. The van der Waals surface area contributed by atoms with Gasteiger partial charge in [-0.2, -0.15) is 0 Å². The highest BCUT2D eigenvalue weighted by Gasteiger charge is 2.18. The lowest BCUT2D eigenvalue weighted by atomic mass is 9.98. The molecule has 0 spiro atoms. The summed E-state index contributed by atoms with van der Waals surface area (Å²) in [6.07, 6.45) is 6.48. The molecule has 5 rings (SSSR count). The first-order valence-corrected chi connectivity index (χ1v) is 12.4. The van der Waals surface area contributed by atoms with Crippen LogP contribution in [0.3, 0.4) is 0 Å². The number of aryl methyl sites for hydroxylation is 1. The van der Waals surface area contributed by atoms with Crippen molar-refractivity contribution in [3.63, 3.8) is 0 Å². The van der Waals surface area contributed by atoms with Crippen LogP contribution in [0.25, 0.3) is 16.6 Å². The van der Waals surface area contributed by atoms with Crippen molar-refractivity contribution in [1.29, 1.82) is 0 Å². The Kier molecular flexibility index (Phi) is 6.69. The summed E-state index contributed by atoms with van der Waals surface area (Å²) in [5.41, 5.74) is 12.2. The lowest BCUT2D eigenvalue weighted by Gasteiger charge is -2.27. The van der Waals surface area contributed by atoms with Gasteiger partial charge in [-0.3, -0.25) is 20.0 Å². The van der Waals surface area contributed by atoms with Crippen LogP contribution >= 0.6 is 0 Å². The quantitative estimate of drug-likeness (QED) is 0.289. The lowest BCUT2D eigenvalue weighted by molar-refractivity contribution is -0.333. The van der Waals surface area contributed by atoms with E-state index in [1.165, 1.54) is 17.6 Å². The molecule has 0 saturated carbocycles. The van der Waals surface area contributed by atoms with Gasteiger partial charge < -0.3 is 11.1 Å². The van der Waals surface area contributed by atoms with E-state index in [1.54, 1.807) is 12.1 Å². The van der Waals surface area contributed by atoms with E-state index in [2.05, 4.69) is 63.6 Å². The summed E-state index contributed by atoms with van der Waals surface area (Å²) in [6, 6.07) is 15.6. The van der Waals surface area contributed by atoms with E-state index in [4.69, 9.17) is 10.7 Å². The molecule has 0 radical (unpaired) electrons. The van der Waals surface area contributed by atoms with E-state index in [0.717, 1.165) is 48.3 Å². The number of hydrogen-bond acceptors (Lipinski definition) is 5. The van der Waals surface area contributed by atoms with Crippen LogP contribution < -0.4 is 21.4 Å². The molecular formula is C28H32N7O+. The minimum atomic E-state index is -0.495. The van der Waals surface area contributed by atoms with Gasteiger partial charge >= 0.3 is 5.95 Å². The Morgan fingerprint density at radius 2 is 2.03 bits per heavy atom. The molecule has 2 aromatic heterocycles. The van der Waals surface area contributed by atoms with Gasteiger partial charge in [-0.25, -0.2) is 4.98 Å². The molecule has 0 saturated heterocycles. The zero-order chi connectivity index (χ0) is 25.1. The van der Waals surface area contributed by atoms with Gasteiger partial charge in [0.15, 0.2) is 0 Å². The lowest BCUT2D eigenvalue weighted by Crippen LogP contribution is -2.30. The summed E-state index contributed by atoms with van der Waals surface area (Å²) in [4.78, 5) is 25.7. The number of carbonyl (C=O) groups is 1. The number of nitrogens with two attached hydrogens (primary N) is 1. The molecule has 0 fully saturated rings. The molecule has 0 bridgehead atoms. The number of hydrogen-bond donors (Lipinski definition) is 4. The molecule has 1 amide bonds. The molecule has 8 nitrogen and oxygen atoms in total. The fraction of sp³-hybridized carbons (Fsp3) is 0.250. The molecule has 0 aliphatic carbocycles. The van der Waals surface area contributed by atoms with Crippen LogP contribution in [-0.2, 0) is 0 Å². The van der Waals surface area contributed by atoms with Crippen LogP contribution in [0.1, 0.15) is 41.3 Å². The molecule has 1 aliphatic heterocycles. The highest BCUT2D eigenvalue weighted by molar-refractivity contribution is 6.00. The fourth-order valence-electron chi connectivity index (χ4n) is 4.73. The van der Waals surface area contributed by atoms with E-state index in [1.807, 2.05) is 24.4 Å². The first-order valence-electron chi connectivity index (χ1n) is 12.4. The third kappa shape index (κ3) is 4.94. The molecule has 36 heavy (non-hydrogen) atoms. The second-order valence-electron chi connectivity index (χ2n) is 9.18. The van der Waals surface area contributed by atoms with Crippen LogP contribution in [0.2, 0.25) is 0 Å². The molecule has 6 N–H and O–H groups in total. The average molecular weight is 483 g/mol. The van der Waals surface area contributed by atoms with E-state index >= 15 is 0 Å². The summed E-state index contributed by atoms with van der Waals surface area (Å²) >= 11 is 0. The smallest absolute Gasteiger partial charge is 0.351 e. The Hall–Kier alpha value is -4.17. The van der Waals surface area contributed by atoms with Crippen LogP contribution in [0, 0.1) is 6.92 Å². The maximum atomic E-state index is 11.9. The van der Waals surface area contributed by atoms with Crippen molar-refractivity contribution in [2.45, 2.75) is 26.7 Å². The summed E-state index contributed by atoms with van der Waals surface area (Å²) in [5.74, 6) is 0.690. The molecular weight excluding hydrogens is 450 g/mol. The second kappa shape index (κ2) is 10.2. The van der Waals surface area contributed by atoms with E-state index in [-0.39, 0.29) is 0 Å². The number of aromatic amines is 2. The standard InChI is InChI=1S/C28H31N7O/c1-3-14-35-15-6-7-20(17-35)19-10-11-23(18(2)16-19)32-28-33-26-22(12-13-30-26)27(34-28)31-24-9-5-4-8-21(24)25(29)36/h4-5,7-13,16H,3,6,14-15,17H2,1-2H3,(H2,29,36)(H3,30,31,32,33,34)/p+1. The average Bonchev–Trinajstić information content (AvgIpc) is 3.35. The molecule has 184 valence electrons. The normalized spacial score (nSPS) is 14.0. The minimum Gasteiger partial charge on any atom is -0.366 e. The predicted molar refractivity (Wildman–Crippen MR) is 145 cm³/mol. The molecule has 8 heteroatoms. The van der Waals surface area contributed by atoms with Crippen LogP contribution in [-0.4, -0.2) is 40.4 Å². The Labute approximate surface area is 210 Å². The molecule has 0 atom stereocenters. The number of nitrogens with zero attached hydrogens (tertiary/aromatic N) is 2. The fourth-order valence-corrected chi connectivity index (χ4v) is 4.73. The maximum absolute atomic E-state index is 11.9. The Morgan fingerprint density at radius 1 is 1.17 bits per heavy atom. The van der Waals surface area contributed by atoms with Crippen molar-refractivity contribution in [1.82, 2.24) is 14.9 Å². The highest BCUT2D eigenvalue weighted by atomic mass is 16.1. The number of nitrogens with one attached hydrogen (secondary N) is 4. The van der Waals surface area contributed by atoms with Gasteiger partial charge in [0, 0.05) is 19.3 Å². The molecule has 2 aromatic carbocycles. The van der Waals surface area contributed by atoms with Crippen molar-refractivity contribution in [3.8, 4) is 0 Å². The summed E-state index contributed by atoms with van der Waals surface area (Å²) < 4.78 is 0. The number of para-hydroxylation sites is 1. The number of amides is 1. The highest BCUT2D eigenvalue weighted by Crippen LogP contribution is 2.28. The van der Waals surface area contributed by atoms with Gasteiger partial charge in [0.25, 0.3) is 5.91 Å². The Balaban J connectivity index is 1.41. The first kappa shape index (κ1) is 23.6. The SMILES string of the molecule is CCCN1CCC=C(c2ccc(Nc3nc(Nc4ccccc4C(N)=O)c4cc[nH]c4[nH+]3)c(C)c2)C1. The van der Waals surface area contributed by atoms with Gasteiger partial charge in [0.1, 0.15) is 0 Å². The van der Waals surface area contributed by atoms with E-state index < -0.39 is 5.91 Å². The zero-order valence-electron chi connectivity index (χ0n) is 20.7. The molecule has 0 unspecified atom stereocenters. The van der Waals surface area contributed by atoms with Gasteiger partial charge in [0.2, 0.25) is 11.5 Å². The third-order valence-corrected chi connectivity index (χ3v) is 6.53. The third-order valence-electron chi connectivity index (χ3n) is 6.53. The van der Waals surface area contributed by atoms with Crippen LogP contribution in [0.15, 0.2) is 60.8 Å². The number of H-pyrrole nitrogens is 2. The monoisotopic (exact) mass is 482 g/mol. The molecule has 3 heterocycles. The van der Waals surface area contributed by atoms with E-state index in [9.17, 15) is 4.79 Å². The minimum absolute atomic E-state index is 0.409. The van der Waals surface area contributed by atoms with Crippen LogP contribution in [0.5, 0.6) is 0 Å². The van der Waals surface area contributed by atoms with Crippen molar-refractivity contribution in [3.05, 3.63) is 77.5 Å². The number of benzene rings is 2. The number of rotatable bonds is 8. The van der Waals surface area contributed by atoms with Gasteiger partial charge in [-0.15, -0.1) is 0 Å². The van der Waals surface area contributed by atoms with Gasteiger partial charge in [-0.05, 0) is 73.3 Å². The topological polar surface area (TPSA) is 113 Å². The van der Waals surface area contributed by atoms with Gasteiger partial charge in [-0.1, -0.05) is 36.2 Å². The summed E-state index contributed by atoms with van der Waals surface area (Å²) in [5, 5.41) is 7.58. The number of fused-ring (bicyclic) bond motifs is 1. The summed E-state index contributed by atoms with van der Waals surface area (Å²) in [6.45, 7) is 7.61. The Bertz CT molecular complexity index is 1440. The second-order valence-corrected chi connectivity index (χ2v) is 9.18. The van der Waals surface area contributed by atoms with Crippen molar-refractivity contribution in [2.24, 2.45) is 5.73 Å². The molecule has 1 aliphatic rings. The number of anilines is 4.